The van der Waals surface area contributed by atoms with Gasteiger partial charge in [-0.05, 0) is 54.1 Å². The van der Waals surface area contributed by atoms with Gasteiger partial charge >= 0.3 is 6.03 Å². The van der Waals surface area contributed by atoms with Crippen molar-refractivity contribution >= 4 is 29.2 Å². The number of rotatable bonds is 7. The number of hydrogen-bond donors (Lipinski definition) is 4. The quantitative estimate of drug-likeness (QED) is 0.481. The van der Waals surface area contributed by atoms with Gasteiger partial charge < -0.3 is 25.7 Å². The van der Waals surface area contributed by atoms with Gasteiger partial charge in [-0.3, -0.25) is 9.59 Å². The number of urea groups is 1. The van der Waals surface area contributed by atoms with Crippen molar-refractivity contribution in [2.24, 2.45) is 0 Å². The van der Waals surface area contributed by atoms with Crippen LogP contribution in [0.5, 0.6) is 0 Å². The van der Waals surface area contributed by atoms with E-state index in [1.807, 2.05) is 0 Å². The van der Waals surface area contributed by atoms with Crippen molar-refractivity contribution in [2.75, 3.05) is 10.6 Å². The molecule has 0 saturated carbocycles. The van der Waals surface area contributed by atoms with Crippen LogP contribution in [0.1, 0.15) is 28.6 Å². The predicted molar refractivity (Wildman–Crippen MR) is 113 cm³/mol. The standard InChI is InChI=1S/C22H22N4O4/c1-15(27)23-13-16-4-6-17(7-5-16)21(28)25-18-8-10-19(11-9-18)26-22(29)24-14-20-3-2-12-30-20/h2-12H,13-14H2,1H3,(H,23,27)(H,25,28)(H2,24,26,29). The lowest BCUT2D eigenvalue weighted by Gasteiger charge is -2.09. The fraction of sp³-hybridized carbons (Fsp3) is 0.136. The first-order valence-corrected chi connectivity index (χ1v) is 9.31. The number of nitrogens with one attached hydrogen (secondary N) is 4. The Hall–Kier alpha value is -4.07. The number of hydrogen-bond acceptors (Lipinski definition) is 4. The second kappa shape index (κ2) is 9.92. The van der Waals surface area contributed by atoms with E-state index in [-0.39, 0.29) is 24.4 Å². The number of carbonyl (C=O) groups excluding carboxylic acids is 3. The molecule has 0 radical (unpaired) electrons. The summed E-state index contributed by atoms with van der Waals surface area (Å²) in [6.45, 7) is 2.16. The van der Waals surface area contributed by atoms with Gasteiger partial charge in [0, 0.05) is 30.4 Å². The van der Waals surface area contributed by atoms with Crippen LogP contribution in [0.15, 0.2) is 71.3 Å². The Labute approximate surface area is 173 Å². The normalized spacial score (nSPS) is 10.2. The fourth-order valence-corrected chi connectivity index (χ4v) is 2.60. The van der Waals surface area contributed by atoms with E-state index >= 15 is 0 Å². The van der Waals surface area contributed by atoms with E-state index in [2.05, 4.69) is 21.3 Å². The summed E-state index contributed by atoms with van der Waals surface area (Å²) in [6.07, 6.45) is 1.54. The topological polar surface area (TPSA) is 112 Å². The fourth-order valence-electron chi connectivity index (χ4n) is 2.60. The Morgan fingerprint density at radius 1 is 0.800 bits per heavy atom. The zero-order valence-corrected chi connectivity index (χ0v) is 16.4. The molecule has 0 aliphatic carbocycles. The summed E-state index contributed by atoms with van der Waals surface area (Å²) in [5.41, 5.74) is 2.60. The largest absolute Gasteiger partial charge is 0.467 e. The average molecular weight is 406 g/mol. The molecule has 4 amide bonds. The van der Waals surface area contributed by atoms with Gasteiger partial charge in [0.15, 0.2) is 0 Å². The second-order valence-corrected chi connectivity index (χ2v) is 6.53. The van der Waals surface area contributed by atoms with Crippen molar-refractivity contribution in [2.45, 2.75) is 20.0 Å². The Morgan fingerprint density at radius 3 is 2.07 bits per heavy atom. The summed E-state index contributed by atoms with van der Waals surface area (Å²) in [5, 5.41) is 10.9. The summed E-state index contributed by atoms with van der Waals surface area (Å²) in [5.74, 6) is 0.300. The highest BCUT2D eigenvalue weighted by molar-refractivity contribution is 6.04. The van der Waals surface area contributed by atoms with Gasteiger partial charge in [0.1, 0.15) is 5.76 Å². The lowest BCUT2D eigenvalue weighted by Crippen LogP contribution is -2.27. The third-order valence-corrected chi connectivity index (χ3v) is 4.16. The van der Waals surface area contributed by atoms with Gasteiger partial charge in [-0.25, -0.2) is 4.79 Å². The van der Waals surface area contributed by atoms with Crippen LogP contribution in [-0.2, 0) is 17.9 Å². The van der Waals surface area contributed by atoms with E-state index in [0.29, 0.717) is 29.2 Å². The van der Waals surface area contributed by atoms with E-state index in [1.165, 1.54) is 6.92 Å². The molecule has 4 N–H and O–H groups in total. The molecule has 2 aromatic carbocycles. The van der Waals surface area contributed by atoms with E-state index in [0.717, 1.165) is 5.56 Å². The minimum absolute atomic E-state index is 0.107. The highest BCUT2D eigenvalue weighted by Crippen LogP contribution is 2.15. The van der Waals surface area contributed by atoms with Crippen molar-refractivity contribution in [3.63, 3.8) is 0 Å². The van der Waals surface area contributed by atoms with E-state index in [1.54, 1.807) is 66.9 Å². The van der Waals surface area contributed by atoms with Crippen LogP contribution in [0, 0.1) is 0 Å². The number of carbonyl (C=O) groups is 3. The Balaban J connectivity index is 1.49. The first kappa shape index (κ1) is 20.7. The molecule has 1 aromatic heterocycles. The minimum Gasteiger partial charge on any atom is -0.467 e. The van der Waals surface area contributed by atoms with E-state index in [4.69, 9.17) is 4.42 Å². The summed E-state index contributed by atoms with van der Waals surface area (Å²) >= 11 is 0. The zero-order chi connectivity index (χ0) is 21.3. The molecule has 3 rings (SSSR count). The van der Waals surface area contributed by atoms with Crippen LogP contribution in [0.25, 0.3) is 0 Å². The van der Waals surface area contributed by atoms with Gasteiger partial charge in [-0.2, -0.15) is 0 Å². The van der Waals surface area contributed by atoms with Crippen molar-refractivity contribution < 1.29 is 18.8 Å². The van der Waals surface area contributed by atoms with Crippen LogP contribution in [0.4, 0.5) is 16.2 Å². The molecule has 0 saturated heterocycles. The molecule has 0 aliphatic heterocycles. The molecule has 0 bridgehead atoms. The summed E-state index contributed by atoms with van der Waals surface area (Å²) in [6, 6.07) is 16.9. The Kier molecular flexibility index (Phi) is 6.83. The molecule has 0 fully saturated rings. The van der Waals surface area contributed by atoms with Crippen molar-refractivity contribution in [3.8, 4) is 0 Å². The van der Waals surface area contributed by atoms with Crippen LogP contribution >= 0.6 is 0 Å². The van der Waals surface area contributed by atoms with Crippen LogP contribution in [0.3, 0.4) is 0 Å². The first-order valence-electron chi connectivity index (χ1n) is 9.31. The second-order valence-electron chi connectivity index (χ2n) is 6.53. The van der Waals surface area contributed by atoms with Crippen molar-refractivity contribution in [1.29, 1.82) is 0 Å². The smallest absolute Gasteiger partial charge is 0.319 e. The van der Waals surface area contributed by atoms with Gasteiger partial charge in [-0.15, -0.1) is 0 Å². The van der Waals surface area contributed by atoms with Crippen LogP contribution in [0.2, 0.25) is 0 Å². The third kappa shape index (κ3) is 6.23. The monoisotopic (exact) mass is 406 g/mol. The Morgan fingerprint density at radius 2 is 1.47 bits per heavy atom. The van der Waals surface area contributed by atoms with Crippen LogP contribution in [-0.4, -0.2) is 17.8 Å². The average Bonchev–Trinajstić information content (AvgIpc) is 3.26. The molecule has 1 heterocycles. The number of benzene rings is 2. The lowest BCUT2D eigenvalue weighted by atomic mass is 10.1. The SMILES string of the molecule is CC(=O)NCc1ccc(C(=O)Nc2ccc(NC(=O)NCc3ccco3)cc2)cc1. The molecule has 0 spiro atoms. The lowest BCUT2D eigenvalue weighted by molar-refractivity contribution is -0.119. The molecule has 8 nitrogen and oxygen atoms in total. The van der Waals surface area contributed by atoms with Gasteiger partial charge in [-0.1, -0.05) is 12.1 Å². The minimum atomic E-state index is -0.359. The number of amides is 4. The van der Waals surface area contributed by atoms with E-state index in [9.17, 15) is 14.4 Å². The molecule has 154 valence electrons. The summed E-state index contributed by atoms with van der Waals surface area (Å²) < 4.78 is 5.15. The number of anilines is 2. The first-order chi connectivity index (χ1) is 14.5. The zero-order valence-electron chi connectivity index (χ0n) is 16.4. The van der Waals surface area contributed by atoms with Gasteiger partial charge in [0.2, 0.25) is 5.91 Å². The maximum Gasteiger partial charge on any atom is 0.319 e. The summed E-state index contributed by atoms with van der Waals surface area (Å²) in [4.78, 5) is 35.2. The molecule has 30 heavy (non-hydrogen) atoms. The summed E-state index contributed by atoms with van der Waals surface area (Å²) in [7, 11) is 0. The predicted octanol–water partition coefficient (Wildman–Crippen LogP) is 3.49. The van der Waals surface area contributed by atoms with Gasteiger partial charge in [0.05, 0.1) is 12.8 Å². The highest BCUT2D eigenvalue weighted by Gasteiger charge is 2.07. The van der Waals surface area contributed by atoms with Crippen molar-refractivity contribution in [1.82, 2.24) is 10.6 Å². The Bertz CT molecular complexity index is 997. The van der Waals surface area contributed by atoms with Gasteiger partial charge in [0.25, 0.3) is 5.91 Å². The van der Waals surface area contributed by atoms with Crippen LogP contribution < -0.4 is 21.3 Å². The third-order valence-electron chi connectivity index (χ3n) is 4.16. The van der Waals surface area contributed by atoms with E-state index < -0.39 is 0 Å². The molecule has 3 aromatic rings. The molecular formula is C22H22N4O4. The van der Waals surface area contributed by atoms with Crippen molar-refractivity contribution in [3.05, 3.63) is 83.8 Å². The molecule has 0 atom stereocenters. The molecule has 0 unspecified atom stereocenters. The molecular weight excluding hydrogens is 384 g/mol. The molecule has 8 heteroatoms. The maximum atomic E-state index is 12.4. The number of furan rings is 1. The highest BCUT2D eigenvalue weighted by atomic mass is 16.3. The molecule has 0 aliphatic rings. The maximum absolute atomic E-state index is 12.4.